The number of nitrogens with zero attached hydrogens (tertiary/aromatic N) is 3. The average molecular weight is 304 g/mol. The maximum Gasteiger partial charge on any atom is 0.410 e. The van der Waals surface area contributed by atoms with Crippen molar-refractivity contribution in [2.75, 3.05) is 5.32 Å². The normalized spacial score (nSPS) is 27.1. The van der Waals surface area contributed by atoms with Gasteiger partial charge in [-0.25, -0.2) is 9.78 Å². The second kappa shape index (κ2) is 5.41. The smallest absolute Gasteiger partial charge is 0.410 e. The van der Waals surface area contributed by atoms with Gasteiger partial charge in [-0.05, 0) is 47.0 Å². The number of nitrogens with one attached hydrogen (secondary N) is 1. The summed E-state index contributed by atoms with van der Waals surface area (Å²) in [4.78, 5) is 22.9. The molecule has 2 saturated heterocycles. The molecule has 2 aliphatic heterocycles. The van der Waals surface area contributed by atoms with Crippen LogP contribution in [-0.2, 0) is 4.74 Å². The molecule has 3 rings (SSSR count). The summed E-state index contributed by atoms with van der Waals surface area (Å²) in [6.45, 7) is 7.63. The molecule has 0 aliphatic carbocycles. The van der Waals surface area contributed by atoms with Crippen LogP contribution < -0.4 is 5.32 Å². The van der Waals surface area contributed by atoms with Gasteiger partial charge >= 0.3 is 6.09 Å². The molecule has 22 heavy (non-hydrogen) atoms. The van der Waals surface area contributed by atoms with Crippen molar-refractivity contribution < 1.29 is 9.53 Å². The topological polar surface area (TPSA) is 67.4 Å². The van der Waals surface area contributed by atoms with Crippen LogP contribution in [0, 0.1) is 6.92 Å². The molecule has 2 aliphatic rings. The predicted molar refractivity (Wildman–Crippen MR) is 83.7 cm³/mol. The molecule has 3 heterocycles. The third-order valence-corrected chi connectivity index (χ3v) is 4.26. The van der Waals surface area contributed by atoms with E-state index in [9.17, 15) is 4.79 Å². The summed E-state index contributed by atoms with van der Waals surface area (Å²) in [6.07, 6.45) is 6.32. The van der Waals surface area contributed by atoms with E-state index in [0.717, 1.165) is 30.8 Å². The van der Waals surface area contributed by atoms with E-state index < -0.39 is 5.60 Å². The van der Waals surface area contributed by atoms with Crippen molar-refractivity contribution in [2.24, 2.45) is 0 Å². The van der Waals surface area contributed by atoms with Gasteiger partial charge < -0.3 is 15.0 Å². The van der Waals surface area contributed by atoms with Crippen molar-refractivity contribution in [1.29, 1.82) is 0 Å². The molecule has 2 bridgehead atoms. The fourth-order valence-corrected chi connectivity index (χ4v) is 3.40. The molecular weight excluding hydrogens is 280 g/mol. The lowest BCUT2D eigenvalue weighted by Gasteiger charge is -2.28. The standard InChI is InChI=1S/C16H24N4O2/c1-10-8-18-14(9-17-10)19-12-7-11-5-6-13(12)20(11)15(21)22-16(2,3)4/h8-9,11-13H,5-7H2,1-4H3,(H,18,19). The Morgan fingerprint density at radius 2 is 2.09 bits per heavy atom. The Hall–Kier alpha value is -1.85. The maximum atomic E-state index is 12.4. The van der Waals surface area contributed by atoms with Gasteiger partial charge in [0.05, 0.1) is 30.2 Å². The Morgan fingerprint density at radius 1 is 1.32 bits per heavy atom. The summed E-state index contributed by atoms with van der Waals surface area (Å²) >= 11 is 0. The van der Waals surface area contributed by atoms with Crippen molar-refractivity contribution in [1.82, 2.24) is 14.9 Å². The third kappa shape index (κ3) is 3.00. The SMILES string of the molecule is Cc1cnc(NC2CC3CCC2N3C(=O)OC(C)(C)C)cn1. The van der Waals surface area contributed by atoms with Gasteiger partial charge in [-0.2, -0.15) is 0 Å². The second-order valence-corrected chi connectivity index (χ2v) is 7.22. The summed E-state index contributed by atoms with van der Waals surface area (Å²) in [6, 6.07) is 0.682. The average Bonchev–Trinajstić information content (AvgIpc) is 2.97. The number of aryl methyl sites for hydroxylation is 1. The van der Waals surface area contributed by atoms with Crippen LogP contribution in [0.15, 0.2) is 12.4 Å². The van der Waals surface area contributed by atoms with E-state index in [1.165, 1.54) is 0 Å². The zero-order valence-corrected chi connectivity index (χ0v) is 13.7. The van der Waals surface area contributed by atoms with Crippen LogP contribution in [0.25, 0.3) is 0 Å². The molecule has 0 spiro atoms. The molecule has 1 N–H and O–H groups in total. The largest absolute Gasteiger partial charge is 0.444 e. The minimum Gasteiger partial charge on any atom is -0.444 e. The van der Waals surface area contributed by atoms with Crippen LogP contribution >= 0.6 is 0 Å². The Labute approximate surface area is 131 Å². The molecule has 6 nitrogen and oxygen atoms in total. The Kier molecular flexibility index (Phi) is 3.70. The zero-order valence-electron chi connectivity index (χ0n) is 13.7. The lowest BCUT2D eigenvalue weighted by molar-refractivity contribution is 0.0214. The number of rotatable bonds is 2. The number of hydrogen-bond acceptors (Lipinski definition) is 5. The minimum absolute atomic E-state index is 0.183. The van der Waals surface area contributed by atoms with E-state index in [0.29, 0.717) is 0 Å². The fourth-order valence-electron chi connectivity index (χ4n) is 3.40. The number of aromatic nitrogens is 2. The predicted octanol–water partition coefficient (Wildman–Crippen LogP) is 2.74. The number of amides is 1. The molecule has 1 amide bonds. The highest BCUT2D eigenvalue weighted by atomic mass is 16.6. The molecule has 3 unspecified atom stereocenters. The molecule has 1 aromatic rings. The molecule has 2 fully saturated rings. The Balaban J connectivity index is 1.67. The minimum atomic E-state index is -0.454. The maximum absolute atomic E-state index is 12.4. The molecule has 3 atom stereocenters. The van der Waals surface area contributed by atoms with Gasteiger partial charge in [-0.15, -0.1) is 0 Å². The Morgan fingerprint density at radius 3 is 2.73 bits per heavy atom. The van der Waals surface area contributed by atoms with Crippen LogP contribution in [0.5, 0.6) is 0 Å². The first kappa shape index (κ1) is 15.1. The van der Waals surface area contributed by atoms with Gasteiger partial charge in [-0.1, -0.05) is 0 Å². The lowest BCUT2D eigenvalue weighted by atomic mass is 9.95. The van der Waals surface area contributed by atoms with E-state index in [2.05, 4.69) is 15.3 Å². The molecular formula is C16H24N4O2. The summed E-state index contributed by atoms with van der Waals surface area (Å²) in [7, 11) is 0. The number of hydrogen-bond donors (Lipinski definition) is 1. The van der Waals surface area contributed by atoms with Crippen LogP contribution in [0.2, 0.25) is 0 Å². The highest BCUT2D eigenvalue weighted by Crippen LogP contribution is 2.39. The summed E-state index contributed by atoms with van der Waals surface area (Å²) in [5, 5.41) is 3.42. The van der Waals surface area contributed by atoms with Gasteiger partial charge in [0, 0.05) is 6.04 Å². The number of carbonyl (C=O) groups is 1. The monoisotopic (exact) mass is 304 g/mol. The third-order valence-electron chi connectivity index (χ3n) is 4.26. The summed E-state index contributed by atoms with van der Waals surface area (Å²) in [5.41, 5.74) is 0.443. The van der Waals surface area contributed by atoms with Crippen LogP contribution in [0.1, 0.15) is 45.7 Å². The van der Waals surface area contributed by atoms with E-state index in [1.54, 1.807) is 12.4 Å². The van der Waals surface area contributed by atoms with Gasteiger partial charge in [0.15, 0.2) is 0 Å². The summed E-state index contributed by atoms with van der Waals surface area (Å²) in [5.74, 6) is 0.771. The van der Waals surface area contributed by atoms with E-state index in [1.807, 2.05) is 32.6 Å². The highest BCUT2D eigenvalue weighted by molar-refractivity contribution is 5.70. The van der Waals surface area contributed by atoms with Crippen molar-refractivity contribution in [2.45, 2.75) is 70.7 Å². The first-order valence-corrected chi connectivity index (χ1v) is 7.90. The zero-order chi connectivity index (χ0) is 15.9. The van der Waals surface area contributed by atoms with Crippen LogP contribution in [0.3, 0.4) is 0 Å². The molecule has 0 radical (unpaired) electrons. The Bertz CT molecular complexity index is 552. The van der Waals surface area contributed by atoms with Crippen molar-refractivity contribution in [3.63, 3.8) is 0 Å². The second-order valence-electron chi connectivity index (χ2n) is 7.22. The molecule has 0 saturated carbocycles. The van der Waals surface area contributed by atoms with E-state index >= 15 is 0 Å². The first-order valence-electron chi connectivity index (χ1n) is 7.90. The van der Waals surface area contributed by atoms with Crippen LogP contribution in [-0.4, -0.2) is 44.7 Å². The van der Waals surface area contributed by atoms with Gasteiger partial charge in [0.1, 0.15) is 11.4 Å². The number of anilines is 1. The number of carbonyl (C=O) groups excluding carboxylic acids is 1. The van der Waals surface area contributed by atoms with Crippen molar-refractivity contribution >= 4 is 11.9 Å². The molecule has 120 valence electrons. The fraction of sp³-hybridized carbons (Fsp3) is 0.688. The van der Waals surface area contributed by atoms with Crippen molar-refractivity contribution in [3.8, 4) is 0 Å². The van der Waals surface area contributed by atoms with E-state index in [-0.39, 0.29) is 24.2 Å². The van der Waals surface area contributed by atoms with E-state index in [4.69, 9.17) is 4.74 Å². The first-order chi connectivity index (χ1) is 10.3. The van der Waals surface area contributed by atoms with Gasteiger partial charge in [0.2, 0.25) is 0 Å². The highest BCUT2D eigenvalue weighted by Gasteiger charge is 2.50. The van der Waals surface area contributed by atoms with Crippen LogP contribution in [0.4, 0.5) is 10.6 Å². The molecule has 1 aromatic heterocycles. The van der Waals surface area contributed by atoms with Crippen molar-refractivity contribution in [3.05, 3.63) is 18.1 Å². The quantitative estimate of drug-likeness (QED) is 0.910. The van der Waals surface area contributed by atoms with Gasteiger partial charge in [0.25, 0.3) is 0 Å². The summed E-state index contributed by atoms with van der Waals surface area (Å²) < 4.78 is 5.55. The molecule has 6 heteroatoms. The molecule has 0 aromatic carbocycles. The van der Waals surface area contributed by atoms with Gasteiger partial charge in [-0.3, -0.25) is 4.98 Å². The number of ether oxygens (including phenoxy) is 1. The number of fused-ring (bicyclic) bond motifs is 2. The lowest BCUT2D eigenvalue weighted by Crippen LogP contribution is -2.42.